The Kier molecular flexibility index (Phi) is 27.0. The van der Waals surface area contributed by atoms with Crippen molar-refractivity contribution in [1.29, 1.82) is 0 Å². The van der Waals surface area contributed by atoms with Crippen molar-refractivity contribution in [2.45, 2.75) is 69.2 Å². The van der Waals surface area contributed by atoms with Gasteiger partial charge in [-0.15, -0.1) is 24.7 Å². The number of carbonyl (C=O) groups is 1. The molecule has 1 aromatic carbocycles. The van der Waals surface area contributed by atoms with E-state index >= 15 is 0 Å². The molecule has 0 aliphatic rings. The Balaban J connectivity index is -0.000000293. The average Bonchev–Trinajstić information content (AvgIpc) is 2.55. The molecule has 0 radical (unpaired) electrons. The monoisotopic (exact) mass is 468 g/mol. The van der Waals surface area contributed by atoms with E-state index in [-0.39, 0.29) is 38.4 Å². The zero-order valence-corrected chi connectivity index (χ0v) is 20.1. The molecule has 0 saturated carbocycles. The molecule has 0 spiro atoms. The van der Waals surface area contributed by atoms with Crippen molar-refractivity contribution in [3.05, 3.63) is 60.6 Å². The summed E-state index contributed by atoms with van der Waals surface area (Å²) in [5.41, 5.74) is 0.775. The normalized spacial score (nSPS) is 8.19. The van der Waals surface area contributed by atoms with Gasteiger partial charge in [-0.2, -0.15) is 0 Å². The number of hydrogen-bond donors (Lipinski definition) is 0. The SMILES string of the molecule is C=C(C)[O-].C=C(C)[O-].CC(=O)c1ccccc1.CCC[CH2][Sn+2][CH2]CCC. The van der Waals surface area contributed by atoms with Gasteiger partial charge in [0.15, 0.2) is 5.78 Å². The molecule has 0 aliphatic carbocycles. The Morgan fingerprint density at radius 1 is 0.885 bits per heavy atom. The van der Waals surface area contributed by atoms with Gasteiger partial charge in [-0.3, -0.25) is 4.79 Å². The third kappa shape index (κ3) is 38.4. The van der Waals surface area contributed by atoms with Gasteiger partial charge in [-0.05, 0) is 6.92 Å². The number of hydrogen-bond acceptors (Lipinski definition) is 3. The Morgan fingerprint density at radius 3 is 1.46 bits per heavy atom. The van der Waals surface area contributed by atoms with E-state index in [2.05, 4.69) is 27.0 Å². The fourth-order valence-corrected chi connectivity index (χ4v) is 5.56. The molecule has 146 valence electrons. The zero-order chi connectivity index (χ0) is 20.8. The third-order valence-corrected chi connectivity index (χ3v) is 6.63. The van der Waals surface area contributed by atoms with E-state index in [1.807, 2.05) is 30.3 Å². The summed E-state index contributed by atoms with van der Waals surface area (Å²) in [4.78, 5) is 10.6. The molecule has 1 rings (SSSR count). The quantitative estimate of drug-likeness (QED) is 0.251. The summed E-state index contributed by atoms with van der Waals surface area (Å²) in [6, 6.07) is 9.23. The van der Waals surface area contributed by atoms with Gasteiger partial charge in [0.2, 0.25) is 0 Å². The molecular formula is C22H36O3Sn. The maximum atomic E-state index is 10.6. The van der Waals surface area contributed by atoms with Crippen LogP contribution in [-0.2, 0) is 0 Å². The molecule has 0 atom stereocenters. The molecule has 0 saturated heterocycles. The van der Waals surface area contributed by atoms with Crippen LogP contribution >= 0.6 is 0 Å². The van der Waals surface area contributed by atoms with Gasteiger partial charge in [-0.1, -0.05) is 44.2 Å². The molecule has 0 bridgehead atoms. The van der Waals surface area contributed by atoms with E-state index in [9.17, 15) is 15.0 Å². The van der Waals surface area contributed by atoms with Crippen LogP contribution in [0.25, 0.3) is 0 Å². The van der Waals surface area contributed by atoms with Crippen LogP contribution < -0.4 is 10.2 Å². The van der Waals surface area contributed by atoms with Crippen molar-refractivity contribution in [3.8, 4) is 0 Å². The number of unbranched alkanes of at least 4 members (excludes halogenated alkanes) is 2. The van der Waals surface area contributed by atoms with Crippen molar-refractivity contribution in [2.24, 2.45) is 0 Å². The van der Waals surface area contributed by atoms with Crippen LogP contribution in [0.4, 0.5) is 0 Å². The minimum atomic E-state index is -0.0833. The number of benzene rings is 1. The predicted octanol–water partition coefficient (Wildman–Crippen LogP) is 4.78. The summed E-state index contributed by atoms with van der Waals surface area (Å²) < 4.78 is 3.25. The number of rotatable bonds is 7. The van der Waals surface area contributed by atoms with Crippen LogP contribution in [0, 0.1) is 0 Å². The minimum absolute atomic E-state index is 0.0833. The molecule has 0 amide bonds. The van der Waals surface area contributed by atoms with Gasteiger partial charge in [0, 0.05) is 5.56 Å². The van der Waals surface area contributed by atoms with Gasteiger partial charge >= 0.3 is 69.5 Å². The molecule has 0 N–H and O–H groups in total. The molecule has 0 aromatic heterocycles. The molecule has 0 heterocycles. The Labute approximate surface area is 171 Å². The third-order valence-electron chi connectivity index (χ3n) is 2.59. The van der Waals surface area contributed by atoms with E-state index in [1.54, 1.807) is 15.8 Å². The van der Waals surface area contributed by atoms with Crippen molar-refractivity contribution in [2.75, 3.05) is 0 Å². The van der Waals surface area contributed by atoms with Crippen molar-refractivity contribution < 1.29 is 15.0 Å². The van der Waals surface area contributed by atoms with Crippen LogP contribution in [-0.4, -0.2) is 26.9 Å². The first-order chi connectivity index (χ1) is 12.2. The standard InChI is InChI=1S/C8H8O.2C4H9.2C3H6O.Sn/c1-7(9)8-5-3-2-4-6-8;2*1-3-4-2;2*1-3(2)4;/h2-6H,1H3;2*1,3-4H2,2H3;2*4H,1H2,2H3;/q;;;;;+2/p-2. The fourth-order valence-electron chi connectivity index (χ4n) is 1.40. The van der Waals surface area contributed by atoms with Gasteiger partial charge in [0.05, 0.1) is 0 Å². The van der Waals surface area contributed by atoms with Crippen molar-refractivity contribution in [3.63, 3.8) is 0 Å². The van der Waals surface area contributed by atoms with E-state index in [0.717, 1.165) is 5.56 Å². The van der Waals surface area contributed by atoms with Gasteiger partial charge in [0.1, 0.15) is 0 Å². The number of Topliss-reactive ketones (excluding diaryl/α,β-unsaturated/α-hetero) is 1. The molecular weight excluding hydrogens is 431 g/mol. The summed E-state index contributed by atoms with van der Waals surface area (Å²) in [6.07, 6.45) is 5.84. The molecule has 4 heteroatoms. The van der Waals surface area contributed by atoms with Gasteiger partial charge < -0.3 is 10.2 Å². The molecule has 3 nitrogen and oxygen atoms in total. The Bertz CT molecular complexity index is 430. The van der Waals surface area contributed by atoms with Gasteiger partial charge in [0.25, 0.3) is 0 Å². The fraction of sp³-hybridized carbons (Fsp3) is 0.500. The number of ketones is 1. The van der Waals surface area contributed by atoms with E-state index in [0.29, 0.717) is 0 Å². The van der Waals surface area contributed by atoms with Crippen LogP contribution in [0.2, 0.25) is 8.87 Å². The van der Waals surface area contributed by atoms with E-state index in [1.165, 1.54) is 39.5 Å². The maximum absolute atomic E-state index is 10.6. The average molecular weight is 467 g/mol. The predicted molar refractivity (Wildman–Crippen MR) is 111 cm³/mol. The summed E-state index contributed by atoms with van der Waals surface area (Å²) in [5.74, 6) is -0.0457. The Hall–Kier alpha value is -1.23. The van der Waals surface area contributed by atoms with Crippen LogP contribution in [0.1, 0.15) is 70.7 Å². The first-order valence-electron chi connectivity index (χ1n) is 9.10. The van der Waals surface area contributed by atoms with Crippen LogP contribution in [0.15, 0.2) is 55.0 Å². The van der Waals surface area contributed by atoms with E-state index in [4.69, 9.17) is 0 Å². The summed E-state index contributed by atoms with van der Waals surface area (Å²) in [6.45, 7) is 15.0. The molecule has 26 heavy (non-hydrogen) atoms. The molecule has 0 unspecified atom stereocenters. The first kappa shape index (κ1) is 29.5. The molecule has 0 aliphatic heterocycles. The van der Waals surface area contributed by atoms with Crippen molar-refractivity contribution >= 4 is 26.9 Å². The zero-order valence-electron chi connectivity index (χ0n) is 17.3. The Morgan fingerprint density at radius 2 is 1.23 bits per heavy atom. The first-order valence-corrected chi connectivity index (χ1v) is 13.1. The second-order valence-corrected chi connectivity index (χ2v) is 10.1. The number of allylic oxidation sites excluding steroid dienone is 2. The van der Waals surface area contributed by atoms with Crippen LogP contribution in [0.5, 0.6) is 0 Å². The summed E-state index contributed by atoms with van der Waals surface area (Å²) >= 11 is 0.149. The van der Waals surface area contributed by atoms with Crippen molar-refractivity contribution in [1.82, 2.24) is 0 Å². The second kappa shape index (κ2) is 23.8. The summed E-state index contributed by atoms with van der Waals surface area (Å²) in [5, 5.41) is 18.7. The topological polar surface area (TPSA) is 63.2 Å². The van der Waals surface area contributed by atoms with Crippen LogP contribution in [0.3, 0.4) is 0 Å². The molecule has 1 aromatic rings. The van der Waals surface area contributed by atoms with E-state index < -0.39 is 0 Å². The number of carbonyl (C=O) groups excluding carboxylic acids is 1. The van der Waals surface area contributed by atoms with Gasteiger partial charge in [-0.25, -0.2) is 0 Å². The second-order valence-electron chi connectivity index (χ2n) is 5.78. The molecule has 0 fully saturated rings. The summed E-state index contributed by atoms with van der Waals surface area (Å²) in [7, 11) is 0.